The number of nitrogen functional groups attached to an aromatic ring is 1. The van der Waals surface area contributed by atoms with Crippen LogP contribution in [0.3, 0.4) is 0 Å². The minimum absolute atomic E-state index is 0.0338. The molecule has 1 aliphatic rings. The number of aryl methyl sites for hydroxylation is 1. The van der Waals surface area contributed by atoms with Crippen LogP contribution in [0.25, 0.3) is 11.4 Å². The molecule has 11 heteroatoms. The number of hydrogen-bond donors (Lipinski definition) is 1. The lowest BCUT2D eigenvalue weighted by Crippen LogP contribution is -2.32. The molecule has 0 unspecified atom stereocenters. The largest absolute Gasteiger partial charge is 0.480 e. The number of imidazole rings is 1. The summed E-state index contributed by atoms with van der Waals surface area (Å²) in [5.74, 6) is 0.463. The van der Waals surface area contributed by atoms with E-state index in [1.807, 2.05) is 18.4 Å². The summed E-state index contributed by atoms with van der Waals surface area (Å²) < 4.78 is 8.60. The number of aromatic nitrogens is 5. The van der Waals surface area contributed by atoms with E-state index in [1.165, 1.54) is 35.0 Å². The first-order chi connectivity index (χ1) is 14.2. The van der Waals surface area contributed by atoms with Crippen molar-refractivity contribution in [2.24, 2.45) is 7.05 Å². The number of carbonyl (C=O) groups excluding carboxylic acids is 1. The number of nitrogens with two attached hydrogens (primary N) is 1. The molecule has 30 heavy (non-hydrogen) atoms. The van der Waals surface area contributed by atoms with Gasteiger partial charge in [0.25, 0.3) is 11.5 Å². The van der Waals surface area contributed by atoms with Gasteiger partial charge in [0.15, 0.2) is 5.69 Å². The molecule has 0 fully saturated rings. The van der Waals surface area contributed by atoms with Crippen LogP contribution in [0.2, 0.25) is 5.02 Å². The minimum Gasteiger partial charge on any atom is -0.480 e. The topological polar surface area (TPSA) is 121 Å². The first-order valence-electron chi connectivity index (χ1n) is 9.19. The van der Waals surface area contributed by atoms with Crippen LogP contribution < -0.4 is 20.9 Å². The number of hydrogen-bond acceptors (Lipinski definition) is 7. The van der Waals surface area contributed by atoms with E-state index >= 15 is 0 Å². The molecular formula is C19H20ClN7O3. The van der Waals surface area contributed by atoms with Crippen LogP contribution in [0.15, 0.2) is 23.3 Å². The van der Waals surface area contributed by atoms with E-state index < -0.39 is 0 Å². The number of fused-ring (bicyclic) bond motifs is 1. The maximum Gasteiger partial charge on any atom is 0.279 e. The zero-order chi connectivity index (χ0) is 21.7. The van der Waals surface area contributed by atoms with Crippen LogP contribution in [0.5, 0.6) is 5.88 Å². The van der Waals surface area contributed by atoms with E-state index in [9.17, 15) is 9.59 Å². The molecule has 0 bridgehead atoms. The molecule has 0 atom stereocenters. The van der Waals surface area contributed by atoms with Gasteiger partial charge >= 0.3 is 0 Å². The maximum absolute atomic E-state index is 13.2. The minimum atomic E-state index is -0.375. The number of amides is 1. The van der Waals surface area contributed by atoms with E-state index in [0.717, 1.165) is 0 Å². The first kappa shape index (κ1) is 19.9. The predicted octanol–water partition coefficient (Wildman–Crippen LogP) is 2.02. The standard InChI is InChI=1S/C19H20ClN7O3/c1-9(2)27-13-8-26(12-5-10(20)7-25(3)17(12)28)18(29)14(13)23-15(27)11-6-22-19(21)24-16(11)30-4/h5-7,9H,8H2,1-4H3,(H2,21,22,24). The molecule has 2 N–H and O–H groups in total. The zero-order valence-electron chi connectivity index (χ0n) is 16.9. The maximum atomic E-state index is 13.2. The molecule has 0 aromatic carbocycles. The van der Waals surface area contributed by atoms with E-state index in [4.69, 9.17) is 22.1 Å². The van der Waals surface area contributed by atoms with Gasteiger partial charge in [-0.1, -0.05) is 11.6 Å². The highest BCUT2D eigenvalue weighted by atomic mass is 35.5. The van der Waals surface area contributed by atoms with Gasteiger partial charge in [0, 0.05) is 25.5 Å². The Hall–Kier alpha value is -3.40. The SMILES string of the molecule is COc1nc(N)ncc1-c1nc2c(n1C(C)C)CN(c1cc(Cl)cn(C)c1=O)C2=O. The fourth-order valence-electron chi connectivity index (χ4n) is 3.61. The van der Waals surface area contributed by atoms with Gasteiger partial charge in [0.05, 0.1) is 29.9 Å². The quantitative estimate of drug-likeness (QED) is 0.673. The molecule has 0 saturated heterocycles. The van der Waals surface area contributed by atoms with Crippen molar-refractivity contribution in [2.75, 3.05) is 17.7 Å². The fourth-order valence-corrected chi connectivity index (χ4v) is 3.86. The Kier molecular flexibility index (Phi) is 4.73. The van der Waals surface area contributed by atoms with Crippen molar-refractivity contribution in [1.82, 2.24) is 24.1 Å². The molecule has 3 aromatic rings. The normalized spacial score (nSPS) is 13.3. The molecule has 0 radical (unpaired) electrons. The second kappa shape index (κ2) is 7.13. The van der Waals surface area contributed by atoms with E-state index in [0.29, 0.717) is 22.1 Å². The zero-order valence-corrected chi connectivity index (χ0v) is 17.6. The second-order valence-corrected chi connectivity index (χ2v) is 7.63. The third kappa shape index (κ3) is 3.00. The summed E-state index contributed by atoms with van der Waals surface area (Å²) >= 11 is 6.11. The number of carbonyl (C=O) groups is 1. The Morgan fingerprint density at radius 2 is 2.00 bits per heavy atom. The number of anilines is 2. The van der Waals surface area contributed by atoms with Crippen molar-refractivity contribution < 1.29 is 9.53 Å². The molecule has 0 spiro atoms. The highest BCUT2D eigenvalue weighted by molar-refractivity contribution is 6.30. The number of ether oxygens (including phenoxy) is 1. The number of methoxy groups -OCH3 is 1. The smallest absolute Gasteiger partial charge is 0.279 e. The van der Waals surface area contributed by atoms with Gasteiger partial charge in [-0.15, -0.1) is 0 Å². The van der Waals surface area contributed by atoms with E-state index in [1.54, 1.807) is 7.05 Å². The summed E-state index contributed by atoms with van der Waals surface area (Å²) in [5, 5.41) is 0.362. The number of rotatable bonds is 4. The number of nitrogens with zero attached hydrogens (tertiary/aromatic N) is 6. The summed E-state index contributed by atoms with van der Waals surface area (Å²) in [5.41, 5.74) is 7.02. The Bertz CT molecular complexity index is 1230. The molecule has 4 heterocycles. The van der Waals surface area contributed by atoms with Crippen LogP contribution in [0.1, 0.15) is 36.1 Å². The average molecular weight is 430 g/mol. The fraction of sp³-hybridized carbons (Fsp3) is 0.316. The summed E-state index contributed by atoms with van der Waals surface area (Å²) in [6.07, 6.45) is 3.02. The molecule has 0 aliphatic carbocycles. The lowest BCUT2D eigenvalue weighted by atomic mass is 10.2. The lowest BCUT2D eigenvalue weighted by molar-refractivity contribution is 0.0992. The first-order valence-corrected chi connectivity index (χ1v) is 9.56. The number of halogens is 1. The molecule has 3 aromatic heterocycles. The van der Waals surface area contributed by atoms with E-state index in [2.05, 4.69) is 15.0 Å². The Morgan fingerprint density at radius 3 is 2.67 bits per heavy atom. The molecule has 156 valence electrons. The monoisotopic (exact) mass is 429 g/mol. The van der Waals surface area contributed by atoms with E-state index in [-0.39, 0.29) is 47.3 Å². The van der Waals surface area contributed by atoms with Gasteiger partial charge < -0.3 is 19.6 Å². The Morgan fingerprint density at radius 1 is 1.27 bits per heavy atom. The van der Waals surface area contributed by atoms with Crippen LogP contribution in [0, 0.1) is 0 Å². The van der Waals surface area contributed by atoms with Gasteiger partial charge in [0.1, 0.15) is 11.5 Å². The highest BCUT2D eigenvalue weighted by Crippen LogP contribution is 2.36. The van der Waals surface area contributed by atoms with Crippen molar-refractivity contribution >= 4 is 29.1 Å². The van der Waals surface area contributed by atoms with Crippen molar-refractivity contribution in [1.29, 1.82) is 0 Å². The second-order valence-electron chi connectivity index (χ2n) is 7.20. The lowest BCUT2D eigenvalue weighted by Gasteiger charge is -2.20. The van der Waals surface area contributed by atoms with Crippen molar-refractivity contribution in [3.05, 3.63) is 45.2 Å². The van der Waals surface area contributed by atoms with Crippen LogP contribution in [-0.2, 0) is 13.6 Å². The van der Waals surface area contributed by atoms with Gasteiger partial charge in [-0.25, -0.2) is 9.97 Å². The summed E-state index contributed by atoms with van der Waals surface area (Å²) in [7, 11) is 3.06. The number of pyridine rings is 1. The summed E-state index contributed by atoms with van der Waals surface area (Å²) in [6, 6.07) is 1.46. The third-order valence-corrected chi connectivity index (χ3v) is 5.12. The third-order valence-electron chi connectivity index (χ3n) is 4.91. The molecule has 1 aliphatic heterocycles. The van der Waals surface area contributed by atoms with Gasteiger partial charge in [-0.05, 0) is 19.9 Å². The predicted molar refractivity (Wildman–Crippen MR) is 112 cm³/mol. The molecule has 4 rings (SSSR count). The molecule has 0 saturated carbocycles. The van der Waals surface area contributed by atoms with Crippen molar-refractivity contribution in [3.8, 4) is 17.3 Å². The Labute approximate surface area is 176 Å². The van der Waals surface area contributed by atoms with Crippen LogP contribution in [-0.4, -0.2) is 37.1 Å². The van der Waals surface area contributed by atoms with Crippen molar-refractivity contribution in [3.63, 3.8) is 0 Å². The molecular weight excluding hydrogens is 410 g/mol. The molecule has 1 amide bonds. The highest BCUT2D eigenvalue weighted by Gasteiger charge is 2.37. The van der Waals surface area contributed by atoms with Crippen molar-refractivity contribution in [2.45, 2.75) is 26.4 Å². The summed E-state index contributed by atoms with van der Waals surface area (Å²) in [4.78, 5) is 39.9. The average Bonchev–Trinajstić information content (AvgIpc) is 3.21. The van der Waals surface area contributed by atoms with Gasteiger partial charge in [0.2, 0.25) is 11.8 Å². The van der Waals surface area contributed by atoms with Crippen LogP contribution in [0.4, 0.5) is 11.6 Å². The van der Waals surface area contributed by atoms with Crippen LogP contribution >= 0.6 is 11.6 Å². The van der Waals surface area contributed by atoms with Gasteiger partial charge in [-0.3, -0.25) is 14.5 Å². The Balaban J connectivity index is 1.86. The summed E-state index contributed by atoms with van der Waals surface area (Å²) in [6.45, 7) is 4.14. The molecule has 10 nitrogen and oxygen atoms in total. The van der Waals surface area contributed by atoms with Gasteiger partial charge in [-0.2, -0.15) is 4.98 Å².